The van der Waals surface area contributed by atoms with Gasteiger partial charge in [-0.2, -0.15) is 18.3 Å². The van der Waals surface area contributed by atoms with E-state index in [0.29, 0.717) is 29.3 Å². The molecule has 7 nitrogen and oxygen atoms in total. The minimum Gasteiger partial charge on any atom is -0.487 e. The molecule has 2 aromatic heterocycles. The fourth-order valence-electron chi connectivity index (χ4n) is 4.47. The van der Waals surface area contributed by atoms with E-state index in [9.17, 15) is 22.8 Å². The maximum Gasteiger partial charge on any atom is 0.416 e. The van der Waals surface area contributed by atoms with Crippen LogP contribution in [-0.2, 0) is 13.2 Å². The molecule has 0 saturated heterocycles. The number of aromatic nitrogens is 3. The summed E-state index contributed by atoms with van der Waals surface area (Å²) < 4.78 is 49.0. The highest BCUT2D eigenvalue weighted by atomic mass is 19.4. The molecule has 10 heteroatoms. The van der Waals surface area contributed by atoms with Crippen LogP contribution in [0, 0.1) is 12.8 Å². The minimum atomic E-state index is -4.46. The summed E-state index contributed by atoms with van der Waals surface area (Å²) in [6.45, 7) is 3.55. The average Bonchev–Trinajstić information content (AvgIpc) is 3.70. The number of aryl methyl sites for hydroxylation is 1. The summed E-state index contributed by atoms with van der Waals surface area (Å²) in [5, 5.41) is 8.11. The van der Waals surface area contributed by atoms with Crippen molar-refractivity contribution >= 4 is 16.6 Å². The van der Waals surface area contributed by atoms with Crippen molar-refractivity contribution in [3.63, 3.8) is 0 Å². The first-order valence-corrected chi connectivity index (χ1v) is 11.8. The van der Waals surface area contributed by atoms with Gasteiger partial charge in [-0.15, -0.1) is 0 Å². The molecule has 2 saturated carbocycles. The Balaban J connectivity index is 1.62. The number of anilines is 1. The summed E-state index contributed by atoms with van der Waals surface area (Å²) >= 11 is 0. The molecule has 0 bridgehead atoms. The van der Waals surface area contributed by atoms with Gasteiger partial charge < -0.3 is 14.6 Å². The van der Waals surface area contributed by atoms with Crippen molar-refractivity contribution in [2.75, 3.05) is 11.9 Å². The maximum absolute atomic E-state index is 13.4. The van der Waals surface area contributed by atoms with E-state index in [1.165, 1.54) is 20.0 Å². The van der Waals surface area contributed by atoms with Gasteiger partial charge in [0.1, 0.15) is 5.39 Å². The van der Waals surface area contributed by atoms with Gasteiger partial charge in [0.2, 0.25) is 0 Å². The van der Waals surface area contributed by atoms with Crippen LogP contribution in [0.5, 0.6) is 5.75 Å². The Morgan fingerprint density at radius 2 is 1.89 bits per heavy atom. The van der Waals surface area contributed by atoms with Crippen LogP contribution in [0.2, 0.25) is 0 Å². The van der Waals surface area contributed by atoms with Gasteiger partial charge in [0.25, 0.3) is 11.1 Å². The van der Waals surface area contributed by atoms with Crippen LogP contribution >= 0.6 is 0 Å². The number of hydrogen-bond donors (Lipinski definition) is 1. The van der Waals surface area contributed by atoms with E-state index in [1.807, 2.05) is 0 Å². The zero-order chi connectivity index (χ0) is 25.1. The van der Waals surface area contributed by atoms with Crippen molar-refractivity contribution in [3.05, 3.63) is 61.8 Å². The second-order valence-electron chi connectivity index (χ2n) is 9.61. The number of alkyl halides is 3. The van der Waals surface area contributed by atoms with Gasteiger partial charge in [0.15, 0.2) is 11.6 Å². The zero-order valence-electron chi connectivity index (χ0n) is 19.8. The van der Waals surface area contributed by atoms with E-state index in [4.69, 9.17) is 4.74 Å². The number of benzene rings is 1. The maximum atomic E-state index is 13.4. The van der Waals surface area contributed by atoms with Gasteiger partial charge in [-0.3, -0.25) is 9.59 Å². The molecule has 2 aliphatic rings. The lowest BCUT2D eigenvalue weighted by Crippen LogP contribution is -2.28. The summed E-state index contributed by atoms with van der Waals surface area (Å²) in [4.78, 5) is 26.3. The number of nitrogens with zero attached hydrogens (tertiary/aromatic N) is 3. The monoisotopic (exact) mass is 488 g/mol. The first kappa shape index (κ1) is 23.4. The normalized spacial score (nSPS) is 17.0. The third-order valence-electron chi connectivity index (χ3n) is 6.81. The fourth-order valence-corrected chi connectivity index (χ4v) is 4.47. The van der Waals surface area contributed by atoms with E-state index < -0.39 is 23.3 Å². The van der Waals surface area contributed by atoms with Crippen LogP contribution in [0.1, 0.15) is 61.4 Å². The molecule has 0 spiro atoms. The molecule has 2 aliphatic carbocycles. The standard InChI is InChI=1S/C25H27F3N4O3/c1-13-17(5-4-6-19(13)25(26,27)28)14(2)29-22-18-11-32(16-9-10-16)24(34)21(35-12-15-7-8-15)20(18)23(33)31(3)30-22/h4-6,11,14-16H,7-10,12H2,1-3H3,(H,29,30). The molecule has 186 valence electrons. The van der Waals surface area contributed by atoms with Gasteiger partial charge in [0, 0.05) is 19.3 Å². The van der Waals surface area contributed by atoms with Crippen molar-refractivity contribution in [2.45, 2.75) is 57.8 Å². The lowest BCUT2D eigenvalue weighted by Gasteiger charge is -2.22. The van der Waals surface area contributed by atoms with Gasteiger partial charge in [-0.25, -0.2) is 4.68 Å². The van der Waals surface area contributed by atoms with Crippen LogP contribution in [0.25, 0.3) is 10.8 Å². The minimum absolute atomic E-state index is 0.0234. The highest BCUT2D eigenvalue weighted by Gasteiger charge is 2.34. The SMILES string of the molecule is Cc1c(C(C)Nc2nn(C)c(=O)c3c(OCC4CC4)c(=O)n(C4CC4)cc23)cccc1C(F)(F)F. The number of ether oxygens (including phenoxy) is 1. The van der Waals surface area contributed by atoms with Crippen LogP contribution in [0.15, 0.2) is 34.0 Å². The molecule has 1 N–H and O–H groups in total. The molecular formula is C25H27F3N4O3. The van der Waals surface area contributed by atoms with E-state index in [-0.39, 0.29) is 28.3 Å². The molecule has 1 aromatic carbocycles. The molecule has 0 amide bonds. The molecule has 2 heterocycles. The molecule has 5 rings (SSSR count). The van der Waals surface area contributed by atoms with E-state index in [2.05, 4.69) is 10.4 Å². The molecule has 2 fully saturated rings. The van der Waals surface area contributed by atoms with Crippen molar-refractivity contribution < 1.29 is 17.9 Å². The largest absolute Gasteiger partial charge is 0.487 e. The molecule has 1 unspecified atom stereocenters. The third kappa shape index (κ3) is 4.41. The first-order valence-electron chi connectivity index (χ1n) is 11.8. The number of nitrogens with one attached hydrogen (secondary N) is 1. The summed E-state index contributed by atoms with van der Waals surface area (Å²) in [5.41, 5.74) is -0.905. The Kier molecular flexibility index (Phi) is 5.64. The van der Waals surface area contributed by atoms with Gasteiger partial charge in [-0.05, 0) is 62.6 Å². The number of fused-ring (bicyclic) bond motifs is 1. The Labute approximate surface area is 199 Å². The van der Waals surface area contributed by atoms with Crippen molar-refractivity contribution in [3.8, 4) is 5.75 Å². The Hall–Kier alpha value is -3.30. The third-order valence-corrected chi connectivity index (χ3v) is 6.81. The molecule has 0 aliphatic heterocycles. The lowest BCUT2D eigenvalue weighted by molar-refractivity contribution is -0.138. The van der Waals surface area contributed by atoms with E-state index >= 15 is 0 Å². The first-order chi connectivity index (χ1) is 16.6. The molecule has 35 heavy (non-hydrogen) atoms. The van der Waals surface area contributed by atoms with Crippen LogP contribution in [0.3, 0.4) is 0 Å². The summed E-state index contributed by atoms with van der Waals surface area (Å²) in [7, 11) is 1.48. The predicted molar refractivity (Wildman–Crippen MR) is 126 cm³/mol. The number of halogens is 3. The van der Waals surface area contributed by atoms with Crippen LogP contribution in [0.4, 0.5) is 19.0 Å². The number of pyridine rings is 1. The van der Waals surface area contributed by atoms with Crippen molar-refractivity contribution in [1.29, 1.82) is 0 Å². The Morgan fingerprint density at radius 3 is 2.51 bits per heavy atom. The number of rotatable bonds is 7. The molecule has 1 atom stereocenters. The van der Waals surface area contributed by atoms with Gasteiger partial charge in [-0.1, -0.05) is 12.1 Å². The topological polar surface area (TPSA) is 78.2 Å². The molecular weight excluding hydrogens is 461 g/mol. The highest BCUT2D eigenvalue weighted by Crippen LogP contribution is 2.38. The molecule has 3 aromatic rings. The summed E-state index contributed by atoms with van der Waals surface area (Å²) in [6, 6.07) is 3.56. The highest BCUT2D eigenvalue weighted by molar-refractivity contribution is 5.94. The zero-order valence-corrected chi connectivity index (χ0v) is 19.8. The Morgan fingerprint density at radius 1 is 1.17 bits per heavy atom. The summed E-state index contributed by atoms with van der Waals surface area (Å²) in [5.74, 6) is 0.707. The van der Waals surface area contributed by atoms with Crippen LogP contribution in [-0.4, -0.2) is 21.0 Å². The molecule has 0 radical (unpaired) electrons. The quantitative estimate of drug-likeness (QED) is 0.521. The van der Waals surface area contributed by atoms with E-state index in [1.54, 1.807) is 23.8 Å². The second-order valence-corrected chi connectivity index (χ2v) is 9.61. The Bertz CT molecular complexity index is 1420. The van der Waals surface area contributed by atoms with Crippen molar-refractivity contribution in [2.24, 2.45) is 13.0 Å². The van der Waals surface area contributed by atoms with Gasteiger partial charge >= 0.3 is 6.18 Å². The summed E-state index contributed by atoms with van der Waals surface area (Å²) in [6.07, 6.45) is 0.934. The predicted octanol–water partition coefficient (Wildman–Crippen LogP) is 4.72. The smallest absolute Gasteiger partial charge is 0.416 e. The average molecular weight is 489 g/mol. The van der Waals surface area contributed by atoms with E-state index in [0.717, 1.165) is 36.4 Å². The second kappa shape index (κ2) is 8.42. The number of hydrogen-bond acceptors (Lipinski definition) is 5. The van der Waals surface area contributed by atoms with Gasteiger partial charge in [0.05, 0.1) is 23.6 Å². The van der Waals surface area contributed by atoms with Crippen molar-refractivity contribution in [1.82, 2.24) is 14.3 Å². The lowest BCUT2D eigenvalue weighted by atomic mass is 9.97. The van der Waals surface area contributed by atoms with Crippen LogP contribution < -0.4 is 21.2 Å². The fraction of sp³-hybridized carbons (Fsp3) is 0.480.